The van der Waals surface area contributed by atoms with Gasteiger partial charge in [0.05, 0.1) is 0 Å². The van der Waals surface area contributed by atoms with Gasteiger partial charge in [-0.05, 0) is 19.3 Å². The molecule has 4 atom stereocenters. The second-order valence-corrected chi connectivity index (χ2v) is 4.78. The van der Waals surface area contributed by atoms with Crippen LogP contribution in [0.1, 0.15) is 19.3 Å². The smallest absolute Gasteiger partial charge is 0.317 e. The summed E-state index contributed by atoms with van der Waals surface area (Å²) in [4.78, 5) is 1.15. The molecule has 6 heteroatoms. The van der Waals surface area contributed by atoms with Crippen LogP contribution in [0, 0.1) is 0 Å². The molecule has 2 saturated heterocycles. The van der Waals surface area contributed by atoms with Crippen LogP contribution in [0.2, 0.25) is 0 Å². The molecular weight excluding hydrogens is 232 g/mol. The summed E-state index contributed by atoms with van der Waals surface area (Å²) in [5.41, 5.74) is -2.39. The predicted molar refractivity (Wildman–Crippen MR) is 56.5 cm³/mol. The molecule has 0 saturated carbocycles. The van der Waals surface area contributed by atoms with Crippen molar-refractivity contribution in [1.82, 2.24) is 4.90 Å². The summed E-state index contributed by atoms with van der Waals surface area (Å²) < 4.78 is 27.9. The Bertz CT molecular complexity index is 326. The van der Waals surface area contributed by atoms with Crippen LogP contribution in [0.15, 0.2) is 12.7 Å². The maximum atomic E-state index is 13.9. The van der Waals surface area contributed by atoms with Crippen molar-refractivity contribution in [3.8, 4) is 0 Å². The van der Waals surface area contributed by atoms with Gasteiger partial charge >= 0.3 is 5.92 Å². The second kappa shape index (κ2) is 3.98. The molecule has 0 spiro atoms. The number of nitrogens with zero attached hydrogens (tertiary/aromatic N) is 1. The molecule has 0 aromatic carbocycles. The van der Waals surface area contributed by atoms with Crippen molar-refractivity contribution in [3.05, 3.63) is 12.7 Å². The number of fused-ring (bicyclic) bond motifs is 2. The van der Waals surface area contributed by atoms with Crippen molar-refractivity contribution in [3.63, 3.8) is 0 Å². The lowest BCUT2D eigenvalue weighted by molar-refractivity contribution is -0.355. The van der Waals surface area contributed by atoms with Gasteiger partial charge in [-0.2, -0.15) is 8.78 Å². The number of aliphatic hydroxyl groups excluding tert-OH is 2. The van der Waals surface area contributed by atoms with Crippen LogP contribution in [0.3, 0.4) is 0 Å². The lowest BCUT2D eigenvalue weighted by atomic mass is 9.76. The van der Waals surface area contributed by atoms with Crippen molar-refractivity contribution in [2.75, 3.05) is 6.54 Å². The first kappa shape index (κ1) is 12.9. The third-order valence-corrected chi connectivity index (χ3v) is 3.85. The molecule has 4 nitrogen and oxygen atoms in total. The van der Waals surface area contributed by atoms with Crippen LogP contribution < -0.4 is 0 Å². The van der Waals surface area contributed by atoms with Gasteiger partial charge in [-0.1, -0.05) is 6.08 Å². The van der Waals surface area contributed by atoms with E-state index in [1.165, 1.54) is 6.08 Å². The van der Waals surface area contributed by atoms with Crippen molar-refractivity contribution in [2.45, 2.75) is 49.2 Å². The predicted octanol–water partition coefficient (Wildman–Crippen LogP) is 0.0862. The van der Waals surface area contributed by atoms with E-state index in [0.717, 1.165) is 4.90 Å². The van der Waals surface area contributed by atoms with Crippen LogP contribution in [0.5, 0.6) is 0 Å². The Morgan fingerprint density at radius 2 is 2.06 bits per heavy atom. The van der Waals surface area contributed by atoms with E-state index < -0.39 is 29.9 Å². The highest BCUT2D eigenvalue weighted by Crippen LogP contribution is 2.49. The van der Waals surface area contributed by atoms with E-state index in [9.17, 15) is 24.1 Å². The van der Waals surface area contributed by atoms with Crippen LogP contribution in [-0.2, 0) is 0 Å². The molecule has 2 fully saturated rings. The Morgan fingerprint density at radius 1 is 1.41 bits per heavy atom. The minimum atomic E-state index is -3.74. The van der Waals surface area contributed by atoms with E-state index in [1.54, 1.807) is 0 Å². The largest absolute Gasteiger partial charge is 0.389 e. The quantitative estimate of drug-likeness (QED) is 0.607. The van der Waals surface area contributed by atoms with E-state index in [1.807, 2.05) is 0 Å². The van der Waals surface area contributed by atoms with Crippen molar-refractivity contribution >= 4 is 0 Å². The van der Waals surface area contributed by atoms with Gasteiger partial charge in [0.1, 0.15) is 12.2 Å². The molecule has 2 heterocycles. The number of alkyl halides is 2. The molecule has 0 aromatic rings. The highest BCUT2D eigenvalue weighted by atomic mass is 19.3. The maximum absolute atomic E-state index is 13.9. The number of hydrogen-bond acceptors (Lipinski definition) is 4. The van der Waals surface area contributed by atoms with Gasteiger partial charge in [0.15, 0.2) is 5.72 Å². The maximum Gasteiger partial charge on any atom is 0.317 e. The fraction of sp³-hybridized carbons (Fsp3) is 0.818. The second-order valence-electron chi connectivity index (χ2n) is 4.78. The van der Waals surface area contributed by atoms with Gasteiger partial charge in [0.25, 0.3) is 0 Å². The van der Waals surface area contributed by atoms with Gasteiger partial charge in [-0.25, -0.2) is 0 Å². The normalized spacial score (nSPS) is 45.6. The standard InChI is InChI=1S/C11H17F2NO3/c1-2-6-14-7-4-3-5-10(14,17)11(12,13)9(16)8(7)15/h2,7-9,15-17H,1,3-6H2/t7-,8+,9?,10-/m1/s1. The van der Waals surface area contributed by atoms with Gasteiger partial charge in [-0.15, -0.1) is 6.58 Å². The Hall–Kier alpha value is -0.560. The third kappa shape index (κ3) is 1.55. The van der Waals surface area contributed by atoms with Crippen LogP contribution in [-0.4, -0.2) is 56.7 Å². The average molecular weight is 249 g/mol. The monoisotopic (exact) mass is 249 g/mol. The Kier molecular flexibility index (Phi) is 3.02. The number of halogens is 2. The van der Waals surface area contributed by atoms with Crippen LogP contribution >= 0.6 is 0 Å². The summed E-state index contributed by atoms with van der Waals surface area (Å²) in [6.07, 6.45) is -1.61. The molecule has 0 amide bonds. The van der Waals surface area contributed by atoms with E-state index >= 15 is 0 Å². The molecule has 2 bridgehead atoms. The van der Waals surface area contributed by atoms with Crippen LogP contribution in [0.25, 0.3) is 0 Å². The first-order chi connectivity index (χ1) is 7.86. The minimum Gasteiger partial charge on any atom is -0.389 e. The molecule has 0 aromatic heterocycles. The molecule has 2 aliphatic rings. The molecule has 3 N–H and O–H groups in total. The van der Waals surface area contributed by atoms with E-state index in [4.69, 9.17) is 0 Å². The highest BCUT2D eigenvalue weighted by Gasteiger charge is 2.69. The molecule has 17 heavy (non-hydrogen) atoms. The lowest BCUT2D eigenvalue weighted by Crippen LogP contribution is -2.77. The summed E-state index contributed by atoms with van der Waals surface area (Å²) in [6, 6.07) is -0.652. The molecule has 0 radical (unpaired) electrons. The summed E-state index contributed by atoms with van der Waals surface area (Å²) in [5, 5.41) is 29.3. The Labute approximate surface area is 98.2 Å². The lowest BCUT2D eigenvalue weighted by Gasteiger charge is -2.58. The third-order valence-electron chi connectivity index (χ3n) is 3.85. The summed E-state index contributed by atoms with van der Waals surface area (Å²) >= 11 is 0. The van der Waals surface area contributed by atoms with Gasteiger partial charge in [-0.3, -0.25) is 4.90 Å². The SMILES string of the molecule is C=CCN1[C@@H]2CCC[C@@]1(O)C(F)(F)C(O)[C@H]2O. The fourth-order valence-electron chi connectivity index (χ4n) is 2.93. The first-order valence-corrected chi connectivity index (χ1v) is 5.70. The first-order valence-electron chi connectivity index (χ1n) is 5.70. The van der Waals surface area contributed by atoms with Gasteiger partial charge in [0, 0.05) is 12.6 Å². The van der Waals surface area contributed by atoms with E-state index in [-0.39, 0.29) is 13.0 Å². The number of aliphatic hydroxyl groups is 3. The van der Waals surface area contributed by atoms with E-state index in [0.29, 0.717) is 12.8 Å². The number of hydrogen-bond donors (Lipinski definition) is 3. The molecule has 2 rings (SSSR count). The fourth-order valence-corrected chi connectivity index (χ4v) is 2.93. The topological polar surface area (TPSA) is 63.9 Å². The molecule has 2 aliphatic heterocycles. The van der Waals surface area contributed by atoms with Crippen molar-refractivity contribution in [2.24, 2.45) is 0 Å². The molecule has 0 aliphatic carbocycles. The van der Waals surface area contributed by atoms with Gasteiger partial charge in [0.2, 0.25) is 0 Å². The molecule has 1 unspecified atom stereocenters. The summed E-state index contributed by atoms with van der Waals surface area (Å²) in [7, 11) is 0. The minimum absolute atomic E-state index is 0.0561. The zero-order valence-electron chi connectivity index (χ0n) is 9.39. The Balaban J connectivity index is 2.43. The average Bonchev–Trinajstić information content (AvgIpc) is 2.28. The summed E-state index contributed by atoms with van der Waals surface area (Å²) in [5.74, 6) is -3.74. The van der Waals surface area contributed by atoms with E-state index in [2.05, 4.69) is 6.58 Å². The van der Waals surface area contributed by atoms with Crippen LogP contribution in [0.4, 0.5) is 8.78 Å². The zero-order chi connectivity index (χ0) is 12.8. The number of rotatable bonds is 2. The highest BCUT2D eigenvalue weighted by molar-refractivity contribution is 5.12. The van der Waals surface area contributed by atoms with Gasteiger partial charge < -0.3 is 15.3 Å². The molecule has 98 valence electrons. The zero-order valence-corrected chi connectivity index (χ0v) is 9.39. The molecular formula is C11H17F2NO3. The number of piperidine rings is 2. The van der Waals surface area contributed by atoms with Crippen molar-refractivity contribution in [1.29, 1.82) is 0 Å². The summed E-state index contributed by atoms with van der Waals surface area (Å²) in [6.45, 7) is 3.52. The Morgan fingerprint density at radius 3 is 2.65 bits per heavy atom. The van der Waals surface area contributed by atoms with Crippen molar-refractivity contribution < 1.29 is 24.1 Å².